The van der Waals surface area contributed by atoms with Gasteiger partial charge >= 0.3 is 15.2 Å². The number of nitrogens with zero attached hydrogens (tertiary/aromatic N) is 1. The Balaban J connectivity index is 3.30. The first-order chi connectivity index (χ1) is 8.08. The van der Waals surface area contributed by atoms with Crippen LogP contribution in [-0.4, -0.2) is 41.9 Å². The van der Waals surface area contributed by atoms with Gasteiger partial charge in [-0.05, 0) is 6.42 Å². The van der Waals surface area contributed by atoms with E-state index in [1.165, 1.54) is 0 Å². The highest BCUT2D eigenvalue weighted by molar-refractivity contribution is 7.72. The maximum absolute atomic E-state index is 11.6. The van der Waals surface area contributed by atoms with Gasteiger partial charge in [-0.15, -0.1) is 0 Å². The van der Waals surface area contributed by atoms with Crippen molar-refractivity contribution in [3.63, 3.8) is 0 Å². The van der Waals surface area contributed by atoms with Crippen molar-refractivity contribution in [3.05, 3.63) is 0 Å². The lowest BCUT2D eigenvalue weighted by Gasteiger charge is -2.38. The zero-order valence-corrected chi connectivity index (χ0v) is 11.7. The number of carbonyl (C=O) groups excluding carboxylic acids is 1. The van der Waals surface area contributed by atoms with Crippen LogP contribution in [0.4, 0.5) is 0 Å². The fourth-order valence-corrected chi connectivity index (χ4v) is 5.36. The van der Waals surface area contributed by atoms with E-state index in [9.17, 15) is 33.5 Å². The van der Waals surface area contributed by atoms with Crippen molar-refractivity contribution >= 4 is 21.1 Å². The summed E-state index contributed by atoms with van der Waals surface area (Å²) in [6.07, 6.45) is 0.277. The van der Waals surface area contributed by atoms with Gasteiger partial charge in [0.15, 0.2) is 0 Å². The zero-order chi connectivity index (χ0) is 14.2. The molecule has 10 heteroatoms. The molecule has 1 rings (SSSR count). The van der Waals surface area contributed by atoms with Gasteiger partial charge in [0.2, 0.25) is 10.9 Å². The van der Waals surface area contributed by atoms with Crippen LogP contribution in [0.2, 0.25) is 0 Å². The van der Waals surface area contributed by atoms with Gasteiger partial charge in [-0.25, -0.2) is 0 Å². The highest BCUT2D eigenvalue weighted by atomic mass is 31.2. The fourth-order valence-electron chi connectivity index (χ4n) is 2.14. The van der Waals surface area contributed by atoms with Crippen molar-refractivity contribution in [2.75, 3.05) is 6.54 Å². The van der Waals surface area contributed by atoms with Crippen LogP contribution in [-0.2, 0) is 13.9 Å². The van der Waals surface area contributed by atoms with Gasteiger partial charge in [0.1, 0.15) is 0 Å². The predicted octanol–water partition coefficient (Wildman–Crippen LogP) is 0.418. The third kappa shape index (κ3) is 2.41. The van der Waals surface area contributed by atoms with Crippen LogP contribution in [0.25, 0.3) is 0 Å². The van der Waals surface area contributed by atoms with Crippen LogP contribution < -0.4 is 0 Å². The minimum Gasteiger partial charge on any atom is -0.322 e. The van der Waals surface area contributed by atoms with E-state index in [4.69, 9.17) is 0 Å². The Bertz CT molecular complexity index is 403. The minimum atomic E-state index is -5.16. The van der Waals surface area contributed by atoms with E-state index in [1.54, 1.807) is 6.92 Å². The van der Waals surface area contributed by atoms with Crippen molar-refractivity contribution in [3.8, 4) is 0 Å². The van der Waals surface area contributed by atoms with Gasteiger partial charge in [-0.1, -0.05) is 13.3 Å². The highest BCUT2D eigenvalue weighted by Crippen LogP contribution is 2.74. The SMILES string of the molecule is CCCCN1C(=O)CCC1(P(=O)(O)O)P(=O)(O)O. The summed E-state index contributed by atoms with van der Waals surface area (Å²) >= 11 is 0. The van der Waals surface area contributed by atoms with E-state index >= 15 is 0 Å². The predicted molar refractivity (Wildman–Crippen MR) is 62.7 cm³/mol. The van der Waals surface area contributed by atoms with Gasteiger partial charge in [0.05, 0.1) is 0 Å². The lowest BCUT2D eigenvalue weighted by atomic mass is 10.3. The van der Waals surface area contributed by atoms with Crippen LogP contribution in [0.5, 0.6) is 0 Å². The van der Waals surface area contributed by atoms with Crippen molar-refractivity contribution < 1.29 is 33.5 Å². The van der Waals surface area contributed by atoms with E-state index in [0.717, 1.165) is 0 Å². The summed E-state index contributed by atoms with van der Waals surface area (Å²) in [5.41, 5.74) is 0. The molecule has 0 unspecified atom stereocenters. The van der Waals surface area contributed by atoms with Crippen LogP contribution in [0, 0.1) is 0 Å². The monoisotopic (exact) mass is 301 g/mol. The highest BCUT2D eigenvalue weighted by Gasteiger charge is 2.67. The molecule has 0 spiro atoms. The molecule has 0 aromatic carbocycles. The average Bonchev–Trinajstić information content (AvgIpc) is 2.52. The van der Waals surface area contributed by atoms with E-state index in [1.807, 2.05) is 0 Å². The first kappa shape index (κ1) is 15.8. The molecule has 18 heavy (non-hydrogen) atoms. The van der Waals surface area contributed by atoms with Gasteiger partial charge in [0, 0.05) is 19.4 Å². The molecular weight excluding hydrogens is 284 g/mol. The molecule has 1 heterocycles. The molecule has 0 saturated carbocycles. The van der Waals surface area contributed by atoms with Crippen LogP contribution in [0.1, 0.15) is 32.6 Å². The molecule has 0 aromatic heterocycles. The fraction of sp³-hybridized carbons (Fsp3) is 0.875. The Morgan fingerprint density at radius 2 is 1.72 bits per heavy atom. The normalized spacial score (nSPS) is 20.5. The second-order valence-corrected chi connectivity index (χ2v) is 8.27. The van der Waals surface area contributed by atoms with Gasteiger partial charge in [0.25, 0.3) is 0 Å². The zero-order valence-electron chi connectivity index (χ0n) is 9.89. The van der Waals surface area contributed by atoms with E-state index in [-0.39, 0.29) is 13.0 Å². The number of carbonyl (C=O) groups is 1. The lowest BCUT2D eigenvalue weighted by Crippen LogP contribution is -2.45. The molecule has 1 aliphatic rings. The van der Waals surface area contributed by atoms with E-state index in [0.29, 0.717) is 17.7 Å². The molecule has 1 amide bonds. The molecule has 0 atom stereocenters. The van der Waals surface area contributed by atoms with Crippen molar-refractivity contribution in [1.29, 1.82) is 0 Å². The third-order valence-corrected chi connectivity index (χ3v) is 7.44. The quantitative estimate of drug-likeness (QED) is 0.540. The second kappa shape index (κ2) is 5.04. The molecular formula is C8H17NO7P2. The summed E-state index contributed by atoms with van der Waals surface area (Å²) in [7, 11) is -10.3. The molecule has 0 bridgehead atoms. The first-order valence-corrected chi connectivity index (χ1v) is 8.72. The second-order valence-electron chi connectivity index (χ2n) is 4.26. The average molecular weight is 301 g/mol. The lowest BCUT2D eigenvalue weighted by molar-refractivity contribution is -0.129. The number of rotatable bonds is 5. The summed E-state index contributed by atoms with van der Waals surface area (Å²) in [5, 5.41) is -2.67. The Kier molecular flexibility index (Phi) is 4.43. The molecule has 0 aromatic rings. The largest absolute Gasteiger partial charge is 0.363 e. The molecule has 8 nitrogen and oxygen atoms in total. The summed E-state index contributed by atoms with van der Waals surface area (Å²) in [5.74, 6) is -0.630. The Morgan fingerprint density at radius 3 is 2.11 bits per heavy atom. The van der Waals surface area contributed by atoms with Crippen molar-refractivity contribution in [2.24, 2.45) is 0 Å². The minimum absolute atomic E-state index is 0.0639. The Hall–Kier alpha value is -0.230. The summed E-state index contributed by atoms with van der Waals surface area (Å²) in [6, 6.07) is 0. The van der Waals surface area contributed by atoms with Crippen LogP contribution in [0.15, 0.2) is 0 Å². The first-order valence-electron chi connectivity index (χ1n) is 5.49. The topological polar surface area (TPSA) is 135 Å². The van der Waals surface area contributed by atoms with Gasteiger partial charge in [-0.2, -0.15) is 0 Å². The molecule has 0 radical (unpaired) electrons. The van der Waals surface area contributed by atoms with Crippen molar-refractivity contribution in [1.82, 2.24) is 4.90 Å². The number of hydrogen-bond donors (Lipinski definition) is 4. The Morgan fingerprint density at radius 1 is 1.22 bits per heavy atom. The summed E-state index contributed by atoms with van der Waals surface area (Å²) in [6.45, 7) is 1.74. The summed E-state index contributed by atoms with van der Waals surface area (Å²) in [4.78, 5) is 49.6. The van der Waals surface area contributed by atoms with Crippen molar-refractivity contribution in [2.45, 2.75) is 37.6 Å². The van der Waals surface area contributed by atoms with Crippen LogP contribution in [0.3, 0.4) is 0 Å². The molecule has 4 N–H and O–H groups in total. The smallest absolute Gasteiger partial charge is 0.322 e. The number of hydrogen-bond acceptors (Lipinski definition) is 3. The third-order valence-electron chi connectivity index (χ3n) is 3.08. The van der Waals surface area contributed by atoms with E-state index < -0.39 is 32.5 Å². The number of amides is 1. The summed E-state index contributed by atoms with van der Waals surface area (Å²) < 4.78 is 23.1. The maximum Gasteiger partial charge on any atom is 0.363 e. The molecule has 106 valence electrons. The molecule has 1 saturated heterocycles. The van der Waals surface area contributed by atoms with Gasteiger partial charge < -0.3 is 24.5 Å². The van der Waals surface area contributed by atoms with Gasteiger partial charge in [-0.3, -0.25) is 13.9 Å². The molecule has 0 aliphatic carbocycles. The van der Waals surface area contributed by atoms with E-state index in [2.05, 4.69) is 0 Å². The number of likely N-dealkylation sites (tertiary alicyclic amines) is 1. The number of unbranched alkanes of at least 4 members (excludes halogenated alkanes) is 1. The van der Waals surface area contributed by atoms with Crippen LogP contribution >= 0.6 is 15.2 Å². The molecule has 1 fully saturated rings. The Labute approximate surface area is 104 Å². The maximum atomic E-state index is 11.6. The standard InChI is InChI=1S/C8H17NO7P2/c1-2-3-6-9-7(10)4-5-8(9,17(11,12)13)18(14,15)16/h2-6H2,1H3,(H2,11,12,13)(H2,14,15,16). The molecule has 1 aliphatic heterocycles.